The number of rotatable bonds is 3. The third kappa shape index (κ3) is 3.62. The number of carbonyl (C=O) groups excluding carboxylic acids is 1. The van der Waals surface area contributed by atoms with Gasteiger partial charge in [-0.25, -0.2) is 14.4 Å². The molecule has 1 aromatic heterocycles. The maximum atomic E-state index is 13.6. The fourth-order valence-corrected chi connectivity index (χ4v) is 3.27. The molecule has 1 aliphatic heterocycles. The number of piperidine rings is 1. The second kappa shape index (κ2) is 7.17. The van der Waals surface area contributed by atoms with Crippen molar-refractivity contribution in [2.75, 3.05) is 25.5 Å². The molecule has 3 rings (SSSR count). The average Bonchev–Trinajstić information content (AvgIpc) is 2.61. The maximum Gasteiger partial charge on any atom is 0.257 e. The average molecular weight is 342 g/mol. The van der Waals surface area contributed by atoms with Crippen molar-refractivity contribution >= 4 is 11.9 Å². The number of amides is 1. The van der Waals surface area contributed by atoms with Gasteiger partial charge in [0.15, 0.2) is 0 Å². The Morgan fingerprint density at radius 2 is 2.12 bits per heavy atom. The number of carbonyl (C=O) groups is 1. The van der Waals surface area contributed by atoms with Crippen LogP contribution >= 0.6 is 0 Å². The molecule has 2 heterocycles. The summed E-state index contributed by atoms with van der Waals surface area (Å²) in [6, 6.07) is 6.43. The molecule has 1 atom stereocenters. The summed E-state index contributed by atoms with van der Waals surface area (Å²) in [7, 11) is 3.72. The highest BCUT2D eigenvalue weighted by Gasteiger charge is 2.30. The Morgan fingerprint density at radius 3 is 2.80 bits per heavy atom. The van der Waals surface area contributed by atoms with E-state index in [1.807, 2.05) is 32.0 Å². The quantitative estimate of drug-likeness (QED) is 0.858. The minimum atomic E-state index is -0.273. The van der Waals surface area contributed by atoms with Gasteiger partial charge in [-0.3, -0.25) is 4.79 Å². The molecule has 5 nitrogen and oxygen atoms in total. The lowest BCUT2D eigenvalue weighted by molar-refractivity contribution is 0.0609. The molecule has 1 fully saturated rings. The van der Waals surface area contributed by atoms with Crippen molar-refractivity contribution < 1.29 is 9.18 Å². The number of anilines is 1. The highest BCUT2D eigenvalue weighted by atomic mass is 19.1. The largest absolute Gasteiger partial charge is 0.347 e. The minimum absolute atomic E-state index is 0.0863. The van der Waals surface area contributed by atoms with Crippen molar-refractivity contribution in [3.8, 4) is 0 Å². The van der Waals surface area contributed by atoms with E-state index in [1.54, 1.807) is 17.2 Å². The van der Waals surface area contributed by atoms with Crippen LogP contribution in [0.5, 0.6) is 0 Å². The van der Waals surface area contributed by atoms with Crippen LogP contribution in [0.4, 0.5) is 10.3 Å². The lowest BCUT2D eigenvalue weighted by atomic mass is 9.94. The van der Waals surface area contributed by atoms with Crippen LogP contribution in [0.1, 0.15) is 46.9 Å². The van der Waals surface area contributed by atoms with Gasteiger partial charge in [-0.1, -0.05) is 12.1 Å². The predicted octanol–water partition coefficient (Wildman–Crippen LogP) is 3.36. The van der Waals surface area contributed by atoms with Gasteiger partial charge in [-0.2, -0.15) is 0 Å². The summed E-state index contributed by atoms with van der Waals surface area (Å²) in [5, 5.41) is 0. The van der Waals surface area contributed by atoms with E-state index < -0.39 is 0 Å². The third-order valence-corrected chi connectivity index (χ3v) is 4.59. The Hall–Kier alpha value is -2.50. The van der Waals surface area contributed by atoms with Gasteiger partial charge >= 0.3 is 0 Å². The van der Waals surface area contributed by atoms with Crippen molar-refractivity contribution in [2.24, 2.45) is 0 Å². The smallest absolute Gasteiger partial charge is 0.257 e. The summed E-state index contributed by atoms with van der Waals surface area (Å²) >= 11 is 0. The van der Waals surface area contributed by atoms with Gasteiger partial charge in [0.1, 0.15) is 5.82 Å². The Bertz CT molecular complexity index is 778. The SMILES string of the molecule is Cc1nc(N(C)C)ncc1C(=O)N1CCCC[C@@H]1c1cccc(F)c1. The van der Waals surface area contributed by atoms with Crippen LogP contribution in [0.15, 0.2) is 30.5 Å². The summed E-state index contributed by atoms with van der Waals surface area (Å²) < 4.78 is 13.6. The normalized spacial score (nSPS) is 17.4. The molecule has 0 radical (unpaired) electrons. The number of benzene rings is 1. The van der Waals surface area contributed by atoms with Crippen LogP contribution in [0.2, 0.25) is 0 Å². The number of aromatic nitrogens is 2. The molecule has 0 aliphatic carbocycles. The van der Waals surface area contributed by atoms with Crippen molar-refractivity contribution in [1.29, 1.82) is 0 Å². The molecule has 1 aromatic carbocycles. The van der Waals surface area contributed by atoms with Crippen LogP contribution in [-0.2, 0) is 0 Å². The van der Waals surface area contributed by atoms with Crippen molar-refractivity contribution in [2.45, 2.75) is 32.2 Å². The van der Waals surface area contributed by atoms with Gasteiger partial charge in [0.25, 0.3) is 5.91 Å². The summed E-state index contributed by atoms with van der Waals surface area (Å²) in [6.07, 6.45) is 4.41. The van der Waals surface area contributed by atoms with Gasteiger partial charge in [0.05, 0.1) is 17.3 Å². The molecule has 1 amide bonds. The van der Waals surface area contributed by atoms with E-state index >= 15 is 0 Å². The molecule has 6 heteroatoms. The van der Waals surface area contributed by atoms with Gasteiger partial charge in [0.2, 0.25) is 5.95 Å². The Kier molecular flexibility index (Phi) is 4.97. The number of aryl methyl sites for hydroxylation is 1. The van der Waals surface area contributed by atoms with Crippen molar-refractivity contribution in [1.82, 2.24) is 14.9 Å². The highest BCUT2D eigenvalue weighted by molar-refractivity contribution is 5.95. The fourth-order valence-electron chi connectivity index (χ4n) is 3.27. The molecule has 0 bridgehead atoms. The van der Waals surface area contributed by atoms with Gasteiger partial charge in [-0.15, -0.1) is 0 Å². The van der Waals surface area contributed by atoms with Crippen LogP contribution in [-0.4, -0.2) is 41.4 Å². The van der Waals surface area contributed by atoms with Gasteiger partial charge in [-0.05, 0) is 43.9 Å². The van der Waals surface area contributed by atoms with E-state index in [0.717, 1.165) is 24.8 Å². The molecule has 0 saturated carbocycles. The van der Waals surface area contributed by atoms with Gasteiger partial charge < -0.3 is 9.80 Å². The van der Waals surface area contributed by atoms with E-state index in [-0.39, 0.29) is 17.8 Å². The Morgan fingerprint density at radius 1 is 1.32 bits per heavy atom. The van der Waals surface area contributed by atoms with Crippen molar-refractivity contribution in [3.63, 3.8) is 0 Å². The molecule has 2 aromatic rings. The predicted molar refractivity (Wildman–Crippen MR) is 95.1 cm³/mol. The summed E-state index contributed by atoms with van der Waals surface area (Å²) in [5.74, 6) is 0.219. The van der Waals surface area contributed by atoms with Crippen molar-refractivity contribution in [3.05, 3.63) is 53.1 Å². The zero-order valence-electron chi connectivity index (χ0n) is 14.9. The third-order valence-electron chi connectivity index (χ3n) is 4.59. The topological polar surface area (TPSA) is 49.3 Å². The first-order valence-electron chi connectivity index (χ1n) is 8.55. The first-order chi connectivity index (χ1) is 12.0. The lowest BCUT2D eigenvalue weighted by Gasteiger charge is -2.36. The molecule has 1 aliphatic rings. The van der Waals surface area contributed by atoms with E-state index in [1.165, 1.54) is 12.1 Å². The number of halogens is 1. The fraction of sp³-hybridized carbons (Fsp3) is 0.421. The van der Waals surface area contributed by atoms with Crippen LogP contribution in [0.3, 0.4) is 0 Å². The zero-order chi connectivity index (χ0) is 18.0. The molecular weight excluding hydrogens is 319 g/mol. The first-order valence-corrected chi connectivity index (χ1v) is 8.55. The number of nitrogens with zero attached hydrogens (tertiary/aromatic N) is 4. The molecular formula is C19H23FN4O. The van der Waals surface area contributed by atoms with E-state index in [0.29, 0.717) is 23.8 Å². The summed E-state index contributed by atoms with van der Waals surface area (Å²) in [5.41, 5.74) is 2.01. The Balaban J connectivity index is 1.91. The van der Waals surface area contributed by atoms with Crippen LogP contribution < -0.4 is 4.90 Å². The monoisotopic (exact) mass is 342 g/mol. The summed E-state index contributed by atoms with van der Waals surface area (Å²) in [4.78, 5) is 25.4. The molecule has 0 unspecified atom stereocenters. The standard InChI is InChI=1S/C19H23FN4O/c1-13-16(12-21-19(22-13)23(2)3)18(25)24-10-5-4-9-17(24)14-7-6-8-15(20)11-14/h6-8,11-12,17H,4-5,9-10H2,1-3H3/t17-/m1/s1. The summed E-state index contributed by atoms with van der Waals surface area (Å²) in [6.45, 7) is 2.48. The number of hydrogen-bond acceptors (Lipinski definition) is 4. The molecule has 0 spiro atoms. The zero-order valence-corrected chi connectivity index (χ0v) is 14.9. The second-order valence-corrected chi connectivity index (χ2v) is 6.63. The molecule has 0 N–H and O–H groups in total. The number of likely N-dealkylation sites (tertiary alicyclic amines) is 1. The highest BCUT2D eigenvalue weighted by Crippen LogP contribution is 2.32. The number of hydrogen-bond donors (Lipinski definition) is 0. The molecule has 25 heavy (non-hydrogen) atoms. The van der Waals surface area contributed by atoms with Crippen LogP contribution in [0, 0.1) is 12.7 Å². The van der Waals surface area contributed by atoms with Crippen LogP contribution in [0.25, 0.3) is 0 Å². The van der Waals surface area contributed by atoms with E-state index in [9.17, 15) is 9.18 Å². The van der Waals surface area contributed by atoms with E-state index in [4.69, 9.17) is 0 Å². The molecule has 132 valence electrons. The van der Waals surface area contributed by atoms with E-state index in [2.05, 4.69) is 9.97 Å². The minimum Gasteiger partial charge on any atom is -0.347 e. The first kappa shape index (κ1) is 17.3. The Labute approximate surface area is 147 Å². The van der Waals surface area contributed by atoms with Gasteiger partial charge in [0, 0.05) is 26.8 Å². The lowest BCUT2D eigenvalue weighted by Crippen LogP contribution is -2.39. The molecule has 1 saturated heterocycles. The maximum absolute atomic E-state index is 13.6. The second-order valence-electron chi connectivity index (χ2n) is 6.63.